The minimum Gasteiger partial charge on any atom is -0.496 e. The molecule has 14 heteroatoms. The fourth-order valence-electron chi connectivity index (χ4n) is 3.29. The van der Waals surface area contributed by atoms with Gasteiger partial charge < -0.3 is 10.1 Å². The first-order valence-corrected chi connectivity index (χ1v) is 13.1. The highest BCUT2D eigenvalue weighted by Gasteiger charge is 2.37. The van der Waals surface area contributed by atoms with E-state index in [-0.39, 0.29) is 27.7 Å². The Hall–Kier alpha value is -3.26. The van der Waals surface area contributed by atoms with Crippen LogP contribution in [-0.4, -0.2) is 41.6 Å². The van der Waals surface area contributed by atoms with Gasteiger partial charge in [0.25, 0.3) is 5.91 Å². The Morgan fingerprint density at radius 2 is 1.86 bits per heavy atom. The van der Waals surface area contributed by atoms with Crippen molar-refractivity contribution in [1.29, 1.82) is 0 Å². The van der Waals surface area contributed by atoms with Crippen LogP contribution in [0.2, 0.25) is 0 Å². The molecule has 1 saturated carbocycles. The first-order chi connectivity index (χ1) is 16.8. The Labute approximate surface area is 209 Å². The van der Waals surface area contributed by atoms with Crippen LogP contribution in [0.4, 0.5) is 18.3 Å². The van der Waals surface area contributed by atoms with Gasteiger partial charge in [0.05, 0.1) is 47.2 Å². The van der Waals surface area contributed by atoms with E-state index in [4.69, 9.17) is 4.74 Å². The number of aromatic nitrogens is 3. The third-order valence-corrected chi connectivity index (χ3v) is 8.14. The summed E-state index contributed by atoms with van der Waals surface area (Å²) in [5.74, 6) is -0.400. The summed E-state index contributed by atoms with van der Waals surface area (Å²) in [4.78, 5) is 24.6. The minimum absolute atomic E-state index is 0.0286. The van der Waals surface area contributed by atoms with Crippen LogP contribution in [0, 0.1) is 0 Å². The predicted molar refractivity (Wildman–Crippen MR) is 127 cm³/mol. The van der Waals surface area contributed by atoms with Crippen molar-refractivity contribution in [3.05, 3.63) is 52.9 Å². The number of benzene rings is 1. The monoisotopic (exact) mass is 541 g/mol. The van der Waals surface area contributed by atoms with E-state index in [9.17, 15) is 26.4 Å². The number of alkyl halides is 3. The summed E-state index contributed by atoms with van der Waals surface area (Å²) in [7, 11) is -2.13. The number of thiazole rings is 1. The molecule has 0 aliphatic heterocycles. The Balaban J connectivity index is 1.53. The molecule has 2 heterocycles. The lowest BCUT2D eigenvalue weighted by atomic mass is 10.00. The van der Waals surface area contributed by atoms with E-state index in [0.717, 1.165) is 11.3 Å². The number of rotatable bonds is 8. The van der Waals surface area contributed by atoms with Gasteiger partial charge in [-0.2, -0.15) is 13.2 Å². The number of sulfonamides is 1. The predicted octanol–water partition coefficient (Wildman–Crippen LogP) is 4.20. The largest absolute Gasteiger partial charge is 0.496 e. The maximum absolute atomic E-state index is 13.1. The van der Waals surface area contributed by atoms with Crippen LogP contribution >= 0.6 is 11.3 Å². The standard InChI is InChI=1S/C22H22F3N5O4S2/c1-21(2,18-11-35-20(28-18)30-36(32,33)13-5-6-13)29-19(31)14-7-4-12(8-16(14)34-3)15-9-26-10-17(27-15)22(23,24)25/h4,7-11,13H,5-6H2,1-3H3,(H,28,30)(H,29,31). The Morgan fingerprint density at radius 3 is 2.50 bits per heavy atom. The highest BCUT2D eigenvalue weighted by molar-refractivity contribution is 7.93. The second kappa shape index (κ2) is 9.32. The van der Waals surface area contributed by atoms with Crippen LogP contribution < -0.4 is 14.8 Å². The maximum atomic E-state index is 13.1. The fraction of sp³-hybridized carbons (Fsp3) is 0.364. The van der Waals surface area contributed by atoms with E-state index in [1.54, 1.807) is 19.2 Å². The smallest absolute Gasteiger partial charge is 0.434 e. The summed E-state index contributed by atoms with van der Waals surface area (Å²) in [6, 6.07) is 4.26. The topological polar surface area (TPSA) is 123 Å². The number of carbonyl (C=O) groups is 1. The van der Waals surface area contributed by atoms with Gasteiger partial charge in [-0.25, -0.2) is 18.4 Å². The summed E-state index contributed by atoms with van der Waals surface area (Å²) in [6.45, 7) is 3.41. The molecule has 1 amide bonds. The van der Waals surface area contributed by atoms with E-state index < -0.39 is 38.6 Å². The number of nitrogens with one attached hydrogen (secondary N) is 2. The minimum atomic E-state index is -4.65. The molecule has 1 aliphatic carbocycles. The van der Waals surface area contributed by atoms with Crippen LogP contribution in [0.5, 0.6) is 5.75 Å². The molecule has 0 radical (unpaired) electrons. The molecular formula is C22H22F3N5O4S2. The number of hydrogen-bond donors (Lipinski definition) is 2. The SMILES string of the molecule is COc1cc(-c2cncc(C(F)(F)F)n2)ccc1C(=O)NC(C)(C)c1csc(NS(=O)(=O)C2CC2)n1. The summed E-state index contributed by atoms with van der Waals surface area (Å²) >= 11 is 1.11. The maximum Gasteiger partial charge on any atom is 0.434 e. The van der Waals surface area contributed by atoms with Gasteiger partial charge in [-0.05, 0) is 38.8 Å². The lowest BCUT2D eigenvalue weighted by Gasteiger charge is -2.25. The van der Waals surface area contributed by atoms with Gasteiger partial charge in [0, 0.05) is 10.9 Å². The van der Waals surface area contributed by atoms with Crippen molar-refractivity contribution in [3.63, 3.8) is 0 Å². The third kappa shape index (κ3) is 5.59. The second-order valence-corrected chi connectivity index (χ2v) is 11.5. The Morgan fingerprint density at radius 1 is 1.14 bits per heavy atom. The van der Waals surface area contributed by atoms with Gasteiger partial charge in [0.1, 0.15) is 5.75 Å². The molecule has 1 aromatic carbocycles. The molecule has 3 aromatic rings. The molecule has 1 fully saturated rings. The van der Waals surface area contributed by atoms with E-state index in [1.807, 2.05) is 0 Å². The van der Waals surface area contributed by atoms with Gasteiger partial charge in [0.15, 0.2) is 10.8 Å². The zero-order chi connectivity index (χ0) is 26.3. The molecule has 0 bridgehead atoms. The van der Waals surface area contributed by atoms with Crippen LogP contribution in [0.25, 0.3) is 11.3 Å². The van der Waals surface area contributed by atoms with Crippen LogP contribution in [-0.2, 0) is 21.7 Å². The number of hydrogen-bond acceptors (Lipinski definition) is 8. The molecule has 4 rings (SSSR count). The number of anilines is 1. The van der Waals surface area contributed by atoms with Crippen molar-refractivity contribution in [2.24, 2.45) is 0 Å². The van der Waals surface area contributed by atoms with Crippen LogP contribution in [0.3, 0.4) is 0 Å². The number of methoxy groups -OCH3 is 1. The first kappa shape index (κ1) is 25.8. The average Bonchev–Trinajstić information content (AvgIpc) is 3.58. The lowest BCUT2D eigenvalue weighted by molar-refractivity contribution is -0.141. The average molecular weight is 542 g/mol. The van der Waals surface area contributed by atoms with Crippen LogP contribution in [0.1, 0.15) is 48.4 Å². The van der Waals surface area contributed by atoms with Crippen molar-refractivity contribution in [2.75, 3.05) is 11.8 Å². The quantitative estimate of drug-likeness (QED) is 0.438. The summed E-state index contributed by atoms with van der Waals surface area (Å²) in [5.41, 5.74) is -1.27. The highest BCUT2D eigenvalue weighted by atomic mass is 32.2. The zero-order valence-electron chi connectivity index (χ0n) is 19.4. The van der Waals surface area contributed by atoms with E-state index in [2.05, 4.69) is 25.0 Å². The first-order valence-electron chi connectivity index (χ1n) is 10.7. The van der Waals surface area contributed by atoms with Crippen molar-refractivity contribution in [2.45, 2.75) is 43.7 Å². The highest BCUT2D eigenvalue weighted by Crippen LogP contribution is 2.33. The lowest BCUT2D eigenvalue weighted by Crippen LogP contribution is -2.41. The van der Waals surface area contributed by atoms with Gasteiger partial charge in [0.2, 0.25) is 10.0 Å². The Kier molecular flexibility index (Phi) is 6.68. The zero-order valence-corrected chi connectivity index (χ0v) is 21.0. The molecule has 0 atom stereocenters. The Bertz CT molecular complexity index is 1400. The van der Waals surface area contributed by atoms with Gasteiger partial charge in [-0.3, -0.25) is 14.5 Å². The van der Waals surface area contributed by atoms with Gasteiger partial charge >= 0.3 is 6.18 Å². The molecule has 192 valence electrons. The summed E-state index contributed by atoms with van der Waals surface area (Å²) < 4.78 is 71.1. The number of carbonyl (C=O) groups excluding carboxylic acids is 1. The molecule has 36 heavy (non-hydrogen) atoms. The molecule has 9 nitrogen and oxygen atoms in total. The van der Waals surface area contributed by atoms with Gasteiger partial charge in [-0.15, -0.1) is 11.3 Å². The number of halogens is 3. The summed E-state index contributed by atoms with van der Waals surface area (Å²) in [5, 5.41) is 4.30. The molecule has 2 N–H and O–H groups in total. The molecule has 0 saturated heterocycles. The number of ether oxygens (including phenoxy) is 1. The van der Waals surface area contributed by atoms with Crippen molar-refractivity contribution in [3.8, 4) is 17.0 Å². The van der Waals surface area contributed by atoms with Crippen molar-refractivity contribution >= 4 is 32.4 Å². The van der Waals surface area contributed by atoms with Crippen molar-refractivity contribution < 1.29 is 31.1 Å². The molecule has 1 aliphatic rings. The molecule has 0 spiro atoms. The van der Waals surface area contributed by atoms with Gasteiger partial charge in [-0.1, -0.05) is 6.07 Å². The fourth-order valence-corrected chi connectivity index (χ4v) is 5.76. The molecular weight excluding hydrogens is 519 g/mol. The number of amides is 1. The second-order valence-electron chi connectivity index (χ2n) is 8.67. The third-order valence-electron chi connectivity index (χ3n) is 5.43. The summed E-state index contributed by atoms with van der Waals surface area (Å²) in [6.07, 6.45) is -1.59. The van der Waals surface area contributed by atoms with Crippen LogP contribution in [0.15, 0.2) is 36.0 Å². The normalized spacial score (nSPS) is 14.4. The van der Waals surface area contributed by atoms with Crippen molar-refractivity contribution in [1.82, 2.24) is 20.3 Å². The van der Waals surface area contributed by atoms with E-state index in [1.165, 1.54) is 31.5 Å². The molecule has 0 unspecified atom stereocenters. The van der Waals surface area contributed by atoms with E-state index >= 15 is 0 Å². The molecule has 2 aromatic heterocycles. The number of nitrogens with zero attached hydrogens (tertiary/aromatic N) is 3. The van der Waals surface area contributed by atoms with E-state index in [0.29, 0.717) is 24.7 Å².